The van der Waals surface area contributed by atoms with Gasteiger partial charge >= 0.3 is 5.69 Å². The van der Waals surface area contributed by atoms with Crippen molar-refractivity contribution in [1.82, 2.24) is 0 Å². The van der Waals surface area contributed by atoms with Gasteiger partial charge in [-0.1, -0.05) is 6.07 Å². The number of carbonyl (C=O) groups excluding carboxylic acids is 1. The molecule has 0 saturated heterocycles. The van der Waals surface area contributed by atoms with Gasteiger partial charge in [0, 0.05) is 95.9 Å². The van der Waals surface area contributed by atoms with E-state index in [4.69, 9.17) is 0 Å². The third-order valence-corrected chi connectivity index (χ3v) is 4.52. The molecule has 1 aliphatic carbocycles. The minimum Gasteiger partial charge on any atom is -0.284 e. The number of aryl methyl sites for hydroxylation is 4. The second-order valence-corrected chi connectivity index (χ2v) is 6.05. The van der Waals surface area contributed by atoms with Gasteiger partial charge < -0.3 is 0 Å². The van der Waals surface area contributed by atoms with E-state index in [0.29, 0.717) is 5.69 Å². The molecule has 0 aliphatic heterocycles. The van der Waals surface area contributed by atoms with Crippen LogP contribution in [0.1, 0.15) is 49.4 Å². The van der Waals surface area contributed by atoms with Gasteiger partial charge in [-0.05, 0) is 68.9 Å². The molecule has 3 rings (SSSR count). The Kier molecular flexibility index (Phi) is 10.4. The highest BCUT2D eigenvalue weighted by atomic mass is 128. The van der Waals surface area contributed by atoms with Crippen molar-refractivity contribution in [2.75, 3.05) is 0 Å². The summed E-state index contributed by atoms with van der Waals surface area (Å²) in [5, 5.41) is 10.2. The normalized spacial score (nSPS) is 11.9. The lowest BCUT2D eigenvalue weighted by Crippen LogP contribution is -2.39. The van der Waals surface area contributed by atoms with E-state index in [9.17, 15) is 10.0 Å². The molecule has 0 spiro atoms. The lowest BCUT2D eigenvalue weighted by atomic mass is 9.90. The van der Waals surface area contributed by atoms with Gasteiger partial charge in [0.05, 0.1) is 0 Å². The van der Waals surface area contributed by atoms with Gasteiger partial charge in [0.15, 0.2) is 0 Å². The zero-order valence-electron chi connectivity index (χ0n) is 14.5. The Morgan fingerprint density at radius 3 is 2.16 bits per heavy atom. The van der Waals surface area contributed by atoms with E-state index in [1.165, 1.54) is 11.1 Å². The Bertz CT molecular complexity index is 791. The predicted octanol–water partition coefficient (Wildman–Crippen LogP) is 6.32. The summed E-state index contributed by atoms with van der Waals surface area (Å²) in [6, 6.07) is 4.07. The van der Waals surface area contributed by atoms with Gasteiger partial charge in [-0.25, -0.2) is 0 Å². The highest BCUT2D eigenvalue weighted by Crippen LogP contribution is 2.29. The minimum atomic E-state index is -0.0689. The molecular formula is C18H20I4NO2+. The highest BCUT2D eigenvalue weighted by molar-refractivity contribution is 15.0. The van der Waals surface area contributed by atoms with E-state index in [1.807, 2.05) is 19.9 Å². The largest absolute Gasteiger partial charge is 0.307 e. The number of pyridine rings is 1. The van der Waals surface area contributed by atoms with Gasteiger partial charge in [-0.2, -0.15) is 0 Å². The van der Waals surface area contributed by atoms with Crippen LogP contribution in [-0.4, -0.2) is 11.0 Å². The maximum absolute atomic E-state index is 13.0. The van der Waals surface area contributed by atoms with Crippen molar-refractivity contribution in [3.8, 4) is 0 Å². The Balaban J connectivity index is 0.000000730. The van der Waals surface area contributed by atoms with Crippen LogP contribution in [0.2, 0.25) is 0 Å². The molecule has 1 N–H and O–H groups in total. The maximum atomic E-state index is 13.0. The van der Waals surface area contributed by atoms with Crippen molar-refractivity contribution >= 4 is 80.2 Å². The van der Waals surface area contributed by atoms with E-state index in [-0.39, 0.29) is 5.78 Å². The Morgan fingerprint density at radius 2 is 1.56 bits per heavy atom. The summed E-state index contributed by atoms with van der Waals surface area (Å²) in [5.74, 6) is -0.0689. The summed E-state index contributed by atoms with van der Waals surface area (Å²) in [6.45, 7) is 8.07. The Morgan fingerprint density at radius 1 is 0.960 bits per heavy atom. The molecule has 0 atom stereocenters. The van der Waals surface area contributed by atoms with Crippen molar-refractivity contribution < 1.29 is 14.7 Å². The zero-order chi connectivity index (χ0) is 19.3. The quantitative estimate of drug-likeness (QED) is 0.193. The van der Waals surface area contributed by atoms with E-state index >= 15 is 0 Å². The molecule has 3 nitrogen and oxygen atoms in total. The third kappa shape index (κ3) is 5.18. The van der Waals surface area contributed by atoms with E-state index in [2.05, 4.69) is 94.4 Å². The third-order valence-electron chi connectivity index (χ3n) is 4.52. The van der Waals surface area contributed by atoms with Gasteiger partial charge in [0.25, 0.3) is 5.78 Å². The first-order valence-electron chi connectivity index (χ1n) is 7.57. The molecule has 2 aromatic rings. The minimum absolute atomic E-state index is 0.0689. The SMILES string of the molecule is Cc1cc2c([n+](O)c1)C(=O)c1c(C)cc(C)c(C)c1CC2.II.II. The van der Waals surface area contributed by atoms with Crippen LogP contribution in [0.5, 0.6) is 0 Å². The number of benzene rings is 1. The molecule has 1 aliphatic rings. The topological polar surface area (TPSA) is 41.2 Å². The van der Waals surface area contributed by atoms with Crippen LogP contribution < -0.4 is 4.73 Å². The Hall–Kier alpha value is 0.760. The monoisotopic (exact) mass is 790 g/mol. The number of ketones is 1. The molecule has 7 heteroatoms. The predicted molar refractivity (Wildman–Crippen MR) is 136 cm³/mol. The highest BCUT2D eigenvalue weighted by Gasteiger charge is 2.33. The number of nitrogens with zero attached hydrogens (tertiary/aromatic N) is 1. The lowest BCUT2D eigenvalue weighted by molar-refractivity contribution is -0.906. The molecule has 0 radical (unpaired) electrons. The summed E-state index contributed by atoms with van der Waals surface area (Å²) < 4.78 is 0.997. The second-order valence-electron chi connectivity index (χ2n) is 6.05. The molecule has 0 unspecified atom stereocenters. The first kappa shape index (κ1) is 23.8. The summed E-state index contributed by atoms with van der Waals surface area (Å²) in [6.07, 6.45) is 3.21. The van der Waals surface area contributed by atoms with Crippen LogP contribution in [-0.2, 0) is 12.8 Å². The fraction of sp³-hybridized carbons (Fsp3) is 0.333. The Labute approximate surface area is 196 Å². The number of carbonyl (C=O) groups is 1. The number of hydrogen-bond donors (Lipinski definition) is 1. The number of aromatic nitrogens is 1. The number of hydrogen-bond acceptors (Lipinski definition) is 2. The van der Waals surface area contributed by atoms with Gasteiger partial charge in [0.1, 0.15) is 0 Å². The molecular weight excluding hydrogens is 770 g/mol. The van der Waals surface area contributed by atoms with Crippen LogP contribution in [0.3, 0.4) is 0 Å². The summed E-state index contributed by atoms with van der Waals surface area (Å²) in [4.78, 5) is 13.0. The number of fused-ring (bicyclic) bond motifs is 2. The molecule has 1 aromatic heterocycles. The van der Waals surface area contributed by atoms with Crippen molar-refractivity contribution in [3.63, 3.8) is 0 Å². The molecule has 1 heterocycles. The van der Waals surface area contributed by atoms with E-state index in [1.54, 1.807) is 6.20 Å². The van der Waals surface area contributed by atoms with Crippen LogP contribution >= 0.6 is 74.5 Å². The summed E-state index contributed by atoms with van der Waals surface area (Å²) in [7, 11) is 0. The van der Waals surface area contributed by atoms with Crippen molar-refractivity contribution in [2.24, 2.45) is 0 Å². The van der Waals surface area contributed by atoms with Crippen LogP contribution in [0.15, 0.2) is 18.3 Å². The van der Waals surface area contributed by atoms with Crippen molar-refractivity contribution in [2.45, 2.75) is 40.5 Å². The average Bonchev–Trinajstić information content (AvgIpc) is 2.73. The molecule has 0 saturated carbocycles. The lowest BCUT2D eigenvalue weighted by Gasteiger charge is -2.13. The number of rotatable bonds is 0. The van der Waals surface area contributed by atoms with Crippen LogP contribution in [0.4, 0.5) is 0 Å². The second kappa shape index (κ2) is 10.9. The molecule has 1 aromatic carbocycles. The van der Waals surface area contributed by atoms with Crippen LogP contribution in [0.25, 0.3) is 0 Å². The molecule has 136 valence electrons. The van der Waals surface area contributed by atoms with E-state index in [0.717, 1.165) is 45.4 Å². The van der Waals surface area contributed by atoms with Crippen molar-refractivity contribution in [1.29, 1.82) is 0 Å². The summed E-state index contributed by atoms with van der Waals surface area (Å²) >= 11 is 8.48. The molecule has 0 fully saturated rings. The van der Waals surface area contributed by atoms with Crippen molar-refractivity contribution in [3.05, 3.63) is 63.0 Å². The fourth-order valence-corrected chi connectivity index (χ4v) is 3.40. The van der Waals surface area contributed by atoms with Gasteiger partial charge in [-0.15, -0.1) is 0 Å². The number of halogens is 4. The fourth-order valence-electron chi connectivity index (χ4n) is 3.40. The first-order valence-corrected chi connectivity index (χ1v) is 20.1. The van der Waals surface area contributed by atoms with Gasteiger partial charge in [-0.3, -0.25) is 10.0 Å². The summed E-state index contributed by atoms with van der Waals surface area (Å²) in [5.41, 5.74) is 7.60. The maximum Gasteiger partial charge on any atom is 0.307 e. The molecule has 0 amide bonds. The zero-order valence-corrected chi connectivity index (χ0v) is 23.1. The smallest absolute Gasteiger partial charge is 0.284 e. The first-order chi connectivity index (χ1) is 11.9. The van der Waals surface area contributed by atoms with E-state index < -0.39 is 0 Å². The molecule has 0 bridgehead atoms. The van der Waals surface area contributed by atoms with Crippen LogP contribution in [0, 0.1) is 27.7 Å². The van der Waals surface area contributed by atoms with Gasteiger partial charge in [0.2, 0.25) is 6.20 Å². The average molecular weight is 790 g/mol. The molecule has 25 heavy (non-hydrogen) atoms. The standard InChI is InChI=1S/C18H20NO2.2I2/c1-10-7-14-5-6-15-13(4)11(2)8-12(3)16(15)18(20)17(14)19(21)9-10;2*1-2/h7-9,21H,5-6H2,1-4H3;;/q+1;;.